The van der Waals surface area contributed by atoms with E-state index in [2.05, 4.69) is 20.3 Å². The number of hydrogen-bond acceptors (Lipinski definition) is 7. The van der Waals surface area contributed by atoms with Gasteiger partial charge in [-0.1, -0.05) is 24.3 Å². The summed E-state index contributed by atoms with van der Waals surface area (Å²) in [6.45, 7) is -0.00634. The van der Waals surface area contributed by atoms with Gasteiger partial charge in [-0.2, -0.15) is 0 Å². The van der Waals surface area contributed by atoms with Crippen LogP contribution in [0.15, 0.2) is 76.5 Å². The fourth-order valence-electron chi connectivity index (χ4n) is 2.80. The van der Waals surface area contributed by atoms with Crippen LogP contribution in [0.25, 0.3) is 22.7 Å². The third kappa shape index (κ3) is 3.96. The summed E-state index contributed by atoms with van der Waals surface area (Å²) < 4.78 is 6.70. The van der Waals surface area contributed by atoms with E-state index in [-0.39, 0.29) is 23.8 Å². The minimum Gasteiger partial charge on any atom is -0.464 e. The van der Waals surface area contributed by atoms with Crippen molar-refractivity contribution in [2.45, 2.75) is 0 Å². The zero-order valence-corrected chi connectivity index (χ0v) is 15.6. The number of aromatic nitrogens is 4. The molecule has 29 heavy (non-hydrogen) atoms. The number of nitrogens with zero attached hydrogens (tertiary/aromatic N) is 4. The van der Waals surface area contributed by atoms with E-state index in [0.29, 0.717) is 17.0 Å². The molecule has 144 valence electrons. The maximum absolute atomic E-state index is 12.5. The maximum Gasteiger partial charge on any atom is 0.255 e. The van der Waals surface area contributed by atoms with Crippen molar-refractivity contribution >= 4 is 11.7 Å². The van der Waals surface area contributed by atoms with Crippen LogP contribution in [0.1, 0.15) is 10.4 Å². The lowest BCUT2D eigenvalue weighted by atomic mass is 10.1. The smallest absolute Gasteiger partial charge is 0.255 e. The standard InChI is InChI=1S/C21H17N5O3/c1-26-20(28)11-17(16-8-9-22-13-24-16)25-21(26)23-12-18(27)14-4-6-15(7-5-14)19-3-2-10-29-19/h2-11,13H,12H2,1H3,(H,23,25). The summed E-state index contributed by atoms with van der Waals surface area (Å²) in [5, 5.41) is 2.94. The van der Waals surface area contributed by atoms with Gasteiger partial charge in [0.05, 0.1) is 24.2 Å². The Morgan fingerprint density at radius 1 is 1.14 bits per heavy atom. The van der Waals surface area contributed by atoms with E-state index in [0.717, 1.165) is 11.3 Å². The summed E-state index contributed by atoms with van der Waals surface area (Å²) in [5.41, 5.74) is 2.12. The Morgan fingerprint density at radius 3 is 2.66 bits per heavy atom. The third-order valence-corrected chi connectivity index (χ3v) is 4.40. The Balaban J connectivity index is 1.50. The van der Waals surface area contributed by atoms with Crippen LogP contribution in [0.3, 0.4) is 0 Å². The van der Waals surface area contributed by atoms with Crippen molar-refractivity contribution < 1.29 is 9.21 Å². The summed E-state index contributed by atoms with van der Waals surface area (Å²) in [5.74, 6) is 0.896. The molecule has 0 saturated heterocycles. The number of benzene rings is 1. The van der Waals surface area contributed by atoms with Crippen molar-refractivity contribution in [2.24, 2.45) is 7.05 Å². The van der Waals surface area contributed by atoms with Crippen LogP contribution < -0.4 is 10.9 Å². The minimum absolute atomic E-state index is 0.00634. The van der Waals surface area contributed by atoms with Crippen LogP contribution in [0, 0.1) is 0 Å². The fraction of sp³-hybridized carbons (Fsp3) is 0.0952. The van der Waals surface area contributed by atoms with Gasteiger partial charge in [0.1, 0.15) is 12.1 Å². The Kier molecular flexibility index (Phi) is 4.98. The number of Topliss-reactive ketones (excluding diaryl/α,β-unsaturated/α-hetero) is 1. The van der Waals surface area contributed by atoms with Gasteiger partial charge in [0.25, 0.3) is 5.56 Å². The second-order valence-electron chi connectivity index (χ2n) is 6.29. The van der Waals surface area contributed by atoms with Gasteiger partial charge in [-0.3, -0.25) is 14.2 Å². The Bertz CT molecular complexity index is 1180. The topological polar surface area (TPSA) is 103 Å². The lowest BCUT2D eigenvalue weighted by Gasteiger charge is -2.11. The monoisotopic (exact) mass is 387 g/mol. The molecule has 8 heteroatoms. The van der Waals surface area contributed by atoms with Crippen molar-refractivity contribution in [2.75, 3.05) is 11.9 Å². The summed E-state index contributed by atoms with van der Waals surface area (Å²) in [6.07, 6.45) is 4.56. The second kappa shape index (κ2) is 7.89. The van der Waals surface area contributed by atoms with E-state index >= 15 is 0 Å². The molecule has 0 fully saturated rings. The average molecular weight is 387 g/mol. The molecule has 4 rings (SSSR count). The first-order valence-corrected chi connectivity index (χ1v) is 8.87. The number of anilines is 1. The predicted molar refractivity (Wildman–Crippen MR) is 107 cm³/mol. The quantitative estimate of drug-likeness (QED) is 0.507. The first-order valence-electron chi connectivity index (χ1n) is 8.87. The molecule has 0 atom stereocenters. The van der Waals surface area contributed by atoms with Gasteiger partial charge >= 0.3 is 0 Å². The number of furan rings is 1. The molecule has 1 N–H and O–H groups in total. The Morgan fingerprint density at radius 2 is 1.97 bits per heavy atom. The molecular formula is C21H17N5O3. The molecule has 0 aliphatic heterocycles. The van der Waals surface area contributed by atoms with E-state index < -0.39 is 0 Å². The molecule has 3 aromatic heterocycles. The molecule has 0 spiro atoms. The Hall–Kier alpha value is -4.07. The number of nitrogens with one attached hydrogen (secondary N) is 1. The van der Waals surface area contributed by atoms with Crippen LogP contribution in [-0.2, 0) is 7.05 Å². The van der Waals surface area contributed by atoms with Crippen molar-refractivity contribution in [1.82, 2.24) is 19.5 Å². The van der Waals surface area contributed by atoms with E-state index in [9.17, 15) is 9.59 Å². The molecule has 0 aliphatic rings. The second-order valence-corrected chi connectivity index (χ2v) is 6.29. The molecule has 0 amide bonds. The van der Waals surface area contributed by atoms with Crippen molar-refractivity contribution in [3.8, 4) is 22.7 Å². The van der Waals surface area contributed by atoms with E-state index in [1.165, 1.54) is 17.0 Å². The predicted octanol–water partition coefficient (Wildman–Crippen LogP) is 2.79. The molecular weight excluding hydrogens is 370 g/mol. The lowest BCUT2D eigenvalue weighted by Crippen LogP contribution is -2.24. The highest BCUT2D eigenvalue weighted by molar-refractivity contribution is 5.99. The number of carbonyl (C=O) groups excluding carboxylic acids is 1. The summed E-state index contributed by atoms with van der Waals surface area (Å²) in [6, 6.07) is 13.9. The molecule has 3 heterocycles. The van der Waals surface area contributed by atoms with Crippen LogP contribution in [-0.4, -0.2) is 31.8 Å². The average Bonchev–Trinajstić information content (AvgIpc) is 3.30. The number of ketones is 1. The van der Waals surface area contributed by atoms with Crippen LogP contribution >= 0.6 is 0 Å². The van der Waals surface area contributed by atoms with Gasteiger partial charge in [0, 0.05) is 30.4 Å². The Labute approximate surface area is 165 Å². The van der Waals surface area contributed by atoms with E-state index in [1.54, 1.807) is 37.7 Å². The number of hydrogen-bond donors (Lipinski definition) is 1. The highest BCUT2D eigenvalue weighted by Crippen LogP contribution is 2.20. The fourth-order valence-corrected chi connectivity index (χ4v) is 2.80. The molecule has 0 bridgehead atoms. The van der Waals surface area contributed by atoms with Gasteiger partial charge in [-0.05, 0) is 18.2 Å². The molecule has 4 aromatic rings. The van der Waals surface area contributed by atoms with Gasteiger partial charge in [-0.15, -0.1) is 0 Å². The van der Waals surface area contributed by atoms with Crippen LogP contribution in [0.4, 0.5) is 5.95 Å². The van der Waals surface area contributed by atoms with Crippen molar-refractivity contribution in [1.29, 1.82) is 0 Å². The van der Waals surface area contributed by atoms with Gasteiger partial charge < -0.3 is 9.73 Å². The van der Waals surface area contributed by atoms with Crippen molar-refractivity contribution in [3.63, 3.8) is 0 Å². The first-order chi connectivity index (χ1) is 14.1. The zero-order chi connectivity index (χ0) is 20.2. The maximum atomic E-state index is 12.5. The SMILES string of the molecule is Cn1c(NCC(=O)c2ccc(-c3ccco3)cc2)nc(-c2ccncn2)cc1=O. The van der Waals surface area contributed by atoms with Crippen LogP contribution in [0.2, 0.25) is 0 Å². The lowest BCUT2D eigenvalue weighted by molar-refractivity contribution is 0.101. The van der Waals surface area contributed by atoms with Gasteiger partial charge in [0.2, 0.25) is 5.95 Å². The van der Waals surface area contributed by atoms with E-state index in [1.807, 2.05) is 24.3 Å². The first kappa shape index (κ1) is 18.3. The number of carbonyl (C=O) groups is 1. The molecule has 0 radical (unpaired) electrons. The summed E-state index contributed by atoms with van der Waals surface area (Å²) in [7, 11) is 1.59. The summed E-state index contributed by atoms with van der Waals surface area (Å²) in [4.78, 5) is 37.2. The van der Waals surface area contributed by atoms with Gasteiger partial charge in [0.15, 0.2) is 5.78 Å². The van der Waals surface area contributed by atoms with Gasteiger partial charge in [-0.25, -0.2) is 15.0 Å². The molecule has 0 unspecified atom stereocenters. The molecule has 8 nitrogen and oxygen atoms in total. The molecule has 0 saturated carbocycles. The minimum atomic E-state index is -0.258. The van der Waals surface area contributed by atoms with Crippen LogP contribution in [0.5, 0.6) is 0 Å². The highest BCUT2D eigenvalue weighted by Gasteiger charge is 2.11. The van der Waals surface area contributed by atoms with E-state index in [4.69, 9.17) is 4.42 Å². The summed E-state index contributed by atoms with van der Waals surface area (Å²) >= 11 is 0. The highest BCUT2D eigenvalue weighted by atomic mass is 16.3. The largest absolute Gasteiger partial charge is 0.464 e. The third-order valence-electron chi connectivity index (χ3n) is 4.40. The zero-order valence-electron chi connectivity index (χ0n) is 15.6. The van der Waals surface area contributed by atoms with Crippen molar-refractivity contribution in [3.05, 3.63) is 83.2 Å². The number of rotatable bonds is 6. The normalized spacial score (nSPS) is 10.7. The molecule has 0 aliphatic carbocycles. The molecule has 1 aromatic carbocycles.